The maximum absolute atomic E-state index is 12.8. The summed E-state index contributed by atoms with van der Waals surface area (Å²) in [5.41, 5.74) is 4.02. The van der Waals surface area contributed by atoms with E-state index in [1.165, 1.54) is 12.5 Å². The van der Waals surface area contributed by atoms with Gasteiger partial charge >= 0.3 is 0 Å². The largest absolute Gasteiger partial charge is 0.472 e. The van der Waals surface area contributed by atoms with E-state index < -0.39 is 10.0 Å². The van der Waals surface area contributed by atoms with E-state index in [9.17, 15) is 13.2 Å². The number of nitrogens with zero attached hydrogens (tertiary/aromatic N) is 2. The number of rotatable bonds is 3. The van der Waals surface area contributed by atoms with Gasteiger partial charge in [0.1, 0.15) is 17.0 Å². The van der Waals surface area contributed by atoms with Crippen molar-refractivity contribution in [2.75, 3.05) is 13.1 Å². The van der Waals surface area contributed by atoms with Crippen LogP contribution in [0.15, 0.2) is 51.2 Å². The average molecular weight is 428 g/mol. The Morgan fingerprint density at radius 1 is 1.13 bits per heavy atom. The summed E-state index contributed by atoms with van der Waals surface area (Å²) in [5, 5.41) is 3.01. The molecule has 8 heteroatoms. The predicted molar refractivity (Wildman–Crippen MR) is 116 cm³/mol. The maximum atomic E-state index is 12.8. The van der Waals surface area contributed by atoms with E-state index in [1.807, 2.05) is 43.9 Å². The van der Waals surface area contributed by atoms with Crippen LogP contribution < -0.4 is 5.32 Å². The molecule has 0 radical (unpaired) electrons. The smallest absolute Gasteiger partial charge is 0.285 e. The highest BCUT2D eigenvalue weighted by Gasteiger charge is 2.35. The number of benzene rings is 1. The van der Waals surface area contributed by atoms with E-state index in [-0.39, 0.29) is 16.9 Å². The Bertz CT molecular complexity index is 1140. The summed E-state index contributed by atoms with van der Waals surface area (Å²) < 4.78 is 34.7. The summed E-state index contributed by atoms with van der Waals surface area (Å²) in [6.45, 7) is 7.05. The van der Waals surface area contributed by atoms with Crippen LogP contribution >= 0.6 is 0 Å². The molecule has 2 aromatic rings. The Morgan fingerprint density at radius 3 is 2.50 bits per heavy atom. The Morgan fingerprint density at radius 2 is 1.87 bits per heavy atom. The summed E-state index contributed by atoms with van der Waals surface area (Å²) in [5.74, 6) is 0.360. The van der Waals surface area contributed by atoms with Crippen molar-refractivity contribution in [1.29, 1.82) is 0 Å². The standard InChI is InChI=1S/C22H25N3O4S/c1-14-4-5-17(12-15(14)2)20-16(3)21(24-30(20,27)28)25-9-6-19(7-10-25)23-22(26)18-8-11-29-13-18/h4-5,8,11-13,19H,6-7,9-10H2,1-3H3,(H,23,26). The third kappa shape index (κ3) is 3.79. The van der Waals surface area contributed by atoms with Crippen LogP contribution in [0.5, 0.6) is 0 Å². The number of aryl methyl sites for hydroxylation is 2. The number of carbonyl (C=O) groups excluding carboxylic acids is 1. The molecule has 1 N–H and O–H groups in total. The van der Waals surface area contributed by atoms with E-state index in [0.717, 1.165) is 24.0 Å². The van der Waals surface area contributed by atoms with Gasteiger partial charge in [0.2, 0.25) is 0 Å². The molecule has 0 aliphatic carbocycles. The Hall–Kier alpha value is -2.87. The first-order valence-electron chi connectivity index (χ1n) is 9.98. The highest BCUT2D eigenvalue weighted by molar-refractivity contribution is 8.00. The lowest BCUT2D eigenvalue weighted by atomic mass is 10.0. The summed E-state index contributed by atoms with van der Waals surface area (Å²) in [6, 6.07) is 7.35. The summed E-state index contributed by atoms with van der Waals surface area (Å²) >= 11 is 0. The van der Waals surface area contributed by atoms with Gasteiger partial charge in [-0.3, -0.25) is 4.79 Å². The van der Waals surface area contributed by atoms with Crippen molar-refractivity contribution in [2.45, 2.75) is 39.7 Å². The van der Waals surface area contributed by atoms with Crippen LogP contribution in [0.2, 0.25) is 0 Å². The van der Waals surface area contributed by atoms with Gasteiger partial charge in [0, 0.05) is 24.7 Å². The molecule has 1 aromatic heterocycles. The third-order valence-electron chi connectivity index (χ3n) is 5.82. The Kier molecular flexibility index (Phi) is 5.27. The highest BCUT2D eigenvalue weighted by Crippen LogP contribution is 2.35. The number of nitrogens with one attached hydrogen (secondary N) is 1. The van der Waals surface area contributed by atoms with Crippen molar-refractivity contribution in [3.05, 3.63) is 64.6 Å². The first kappa shape index (κ1) is 20.4. The lowest BCUT2D eigenvalue weighted by Crippen LogP contribution is -2.46. The summed E-state index contributed by atoms with van der Waals surface area (Å²) in [4.78, 5) is 14.5. The minimum absolute atomic E-state index is 0.0331. The molecule has 1 amide bonds. The second-order valence-corrected chi connectivity index (χ2v) is 9.43. The van der Waals surface area contributed by atoms with Gasteiger partial charge in [-0.25, -0.2) is 0 Å². The quantitative estimate of drug-likeness (QED) is 0.812. The van der Waals surface area contributed by atoms with Crippen molar-refractivity contribution in [1.82, 2.24) is 10.2 Å². The molecule has 0 bridgehead atoms. The van der Waals surface area contributed by atoms with Crippen LogP contribution in [0, 0.1) is 13.8 Å². The number of carbonyl (C=O) groups is 1. The number of likely N-dealkylation sites (tertiary alicyclic amines) is 1. The first-order valence-corrected chi connectivity index (χ1v) is 11.4. The normalized spacial score (nSPS) is 19.2. The highest BCUT2D eigenvalue weighted by atomic mass is 32.2. The molecule has 4 rings (SSSR count). The van der Waals surface area contributed by atoms with E-state index >= 15 is 0 Å². The van der Waals surface area contributed by atoms with Crippen LogP contribution in [0.3, 0.4) is 0 Å². The fraction of sp³-hybridized carbons (Fsp3) is 0.364. The van der Waals surface area contributed by atoms with E-state index in [1.54, 1.807) is 6.07 Å². The molecule has 30 heavy (non-hydrogen) atoms. The number of hydrogen-bond donors (Lipinski definition) is 1. The van der Waals surface area contributed by atoms with Crippen molar-refractivity contribution in [3.8, 4) is 0 Å². The van der Waals surface area contributed by atoms with Crippen molar-refractivity contribution < 1.29 is 17.6 Å². The minimum atomic E-state index is -3.73. The SMILES string of the molecule is CC1=C(c2ccc(C)c(C)c2)S(=O)(=O)N=C1N1CCC(NC(=O)c2ccoc2)CC1. The van der Waals surface area contributed by atoms with Gasteiger partial charge in [-0.1, -0.05) is 18.2 Å². The monoisotopic (exact) mass is 427 g/mol. The molecule has 7 nitrogen and oxygen atoms in total. The Labute approximate surface area is 176 Å². The van der Waals surface area contributed by atoms with Gasteiger partial charge in [-0.15, -0.1) is 4.40 Å². The average Bonchev–Trinajstić information content (AvgIpc) is 3.31. The van der Waals surface area contributed by atoms with Crippen LogP contribution in [-0.2, 0) is 10.0 Å². The van der Waals surface area contributed by atoms with Gasteiger partial charge in [-0.05, 0) is 56.4 Å². The molecule has 0 spiro atoms. The lowest BCUT2D eigenvalue weighted by Gasteiger charge is -2.33. The summed E-state index contributed by atoms with van der Waals surface area (Å²) in [6.07, 6.45) is 4.33. The number of sulfonamides is 1. The Balaban J connectivity index is 1.49. The molecular formula is C22H25N3O4S. The maximum Gasteiger partial charge on any atom is 0.285 e. The van der Waals surface area contributed by atoms with Gasteiger partial charge < -0.3 is 14.6 Å². The molecule has 2 aliphatic rings. The van der Waals surface area contributed by atoms with Crippen molar-refractivity contribution in [2.24, 2.45) is 4.40 Å². The number of amidine groups is 1. The molecule has 158 valence electrons. The predicted octanol–water partition coefficient (Wildman–Crippen LogP) is 3.26. The topological polar surface area (TPSA) is 92.0 Å². The number of amides is 1. The van der Waals surface area contributed by atoms with E-state index in [0.29, 0.717) is 35.6 Å². The third-order valence-corrected chi connectivity index (χ3v) is 7.29. The molecule has 0 saturated carbocycles. The molecule has 1 aromatic carbocycles. The fourth-order valence-electron chi connectivity index (χ4n) is 3.96. The zero-order valence-corrected chi connectivity index (χ0v) is 18.1. The number of hydrogen-bond acceptors (Lipinski definition) is 5. The lowest BCUT2D eigenvalue weighted by molar-refractivity contribution is 0.0922. The van der Waals surface area contributed by atoms with E-state index in [2.05, 4.69) is 9.71 Å². The van der Waals surface area contributed by atoms with Crippen LogP contribution in [0.4, 0.5) is 0 Å². The van der Waals surface area contributed by atoms with Gasteiger partial charge in [0.05, 0.1) is 11.8 Å². The summed E-state index contributed by atoms with van der Waals surface area (Å²) in [7, 11) is -3.73. The fourth-order valence-corrected chi connectivity index (χ4v) is 5.44. The zero-order valence-electron chi connectivity index (χ0n) is 17.3. The molecular weight excluding hydrogens is 402 g/mol. The molecule has 0 unspecified atom stereocenters. The molecule has 1 saturated heterocycles. The van der Waals surface area contributed by atoms with Gasteiger partial charge in [-0.2, -0.15) is 8.42 Å². The first-order chi connectivity index (χ1) is 14.3. The van der Waals surface area contributed by atoms with Crippen LogP contribution in [0.25, 0.3) is 4.91 Å². The zero-order chi connectivity index (χ0) is 21.5. The number of piperidine rings is 1. The molecule has 1 fully saturated rings. The molecule has 2 aliphatic heterocycles. The van der Waals surface area contributed by atoms with Crippen LogP contribution in [-0.4, -0.2) is 44.2 Å². The van der Waals surface area contributed by atoms with Crippen LogP contribution in [0.1, 0.15) is 46.8 Å². The van der Waals surface area contributed by atoms with E-state index in [4.69, 9.17) is 4.42 Å². The second-order valence-electron chi connectivity index (χ2n) is 7.89. The molecule has 3 heterocycles. The minimum Gasteiger partial charge on any atom is -0.472 e. The van der Waals surface area contributed by atoms with Gasteiger partial charge in [0.15, 0.2) is 0 Å². The van der Waals surface area contributed by atoms with Crippen molar-refractivity contribution >= 4 is 26.7 Å². The van der Waals surface area contributed by atoms with Crippen molar-refractivity contribution in [3.63, 3.8) is 0 Å². The molecule has 0 atom stereocenters. The second kappa shape index (κ2) is 7.75. The van der Waals surface area contributed by atoms with Gasteiger partial charge in [0.25, 0.3) is 15.9 Å². The number of furan rings is 1.